The maximum Gasteiger partial charge on any atom is 0.274 e. The van der Waals surface area contributed by atoms with E-state index < -0.39 is 10.0 Å². The van der Waals surface area contributed by atoms with Gasteiger partial charge in [0.1, 0.15) is 0 Å². The molecule has 0 spiro atoms. The summed E-state index contributed by atoms with van der Waals surface area (Å²) >= 11 is 0. The lowest BCUT2D eigenvalue weighted by molar-refractivity contribution is 0.109. The van der Waals surface area contributed by atoms with Gasteiger partial charge in [0.15, 0.2) is 0 Å². The van der Waals surface area contributed by atoms with Crippen molar-refractivity contribution < 1.29 is 13.2 Å². The number of nitrogens with one attached hydrogen (secondary N) is 3. The Bertz CT molecular complexity index is 620. The topological polar surface area (TPSA) is 96.1 Å². The molecular weight excluding hydrogens is 292 g/mol. The molecule has 1 fully saturated rings. The molecule has 2 aromatic rings. The van der Waals surface area contributed by atoms with Crippen LogP contribution in [0.1, 0.15) is 6.92 Å². The van der Waals surface area contributed by atoms with Crippen LogP contribution in [-0.2, 0) is 14.8 Å². The van der Waals surface area contributed by atoms with E-state index in [-0.39, 0.29) is 5.16 Å². The largest absolute Gasteiger partial charge is 0.379 e. The van der Waals surface area contributed by atoms with Crippen LogP contribution in [0.2, 0.25) is 0 Å². The third kappa shape index (κ3) is 4.50. The molecule has 3 N–H and O–H groups in total. The minimum absolute atomic E-state index is 0.0365. The number of sulfonamides is 1. The number of H-pyrrole nitrogens is 1. The van der Waals surface area contributed by atoms with Crippen molar-refractivity contribution in [3.63, 3.8) is 0 Å². The number of benzene rings is 1. The Morgan fingerprint density at radius 3 is 2.52 bits per heavy atom. The average Bonchev–Trinajstić information content (AvgIpc) is 2.94. The Labute approximate surface area is 124 Å². The smallest absolute Gasteiger partial charge is 0.274 e. The highest BCUT2D eigenvalue weighted by molar-refractivity contribution is 7.89. The molecule has 0 atom stereocenters. The maximum atomic E-state index is 11.6. The number of ether oxygens (including phenoxy) is 1. The highest BCUT2D eigenvalue weighted by Gasteiger charge is 2.16. The summed E-state index contributed by atoms with van der Waals surface area (Å²) in [7, 11) is -3.49. The number of hydrogen-bond donors (Lipinski definition) is 3. The Hall–Kier alpha value is -1.48. The van der Waals surface area contributed by atoms with Gasteiger partial charge in [-0.1, -0.05) is 19.1 Å². The lowest BCUT2D eigenvalue weighted by Crippen LogP contribution is -2.30. The number of nitrogens with zero attached hydrogens (tertiary/aromatic N) is 1. The zero-order valence-corrected chi connectivity index (χ0v) is 12.7. The lowest BCUT2D eigenvalue weighted by Gasteiger charge is -2.10. The monoisotopic (exact) mass is 312 g/mol. The molecule has 21 heavy (non-hydrogen) atoms. The fourth-order valence-corrected chi connectivity index (χ4v) is 2.81. The van der Waals surface area contributed by atoms with E-state index in [0.717, 1.165) is 26.3 Å². The van der Waals surface area contributed by atoms with Crippen LogP contribution < -0.4 is 10.0 Å². The van der Waals surface area contributed by atoms with Crippen LogP contribution in [0.15, 0.2) is 29.4 Å². The third-order valence-corrected chi connectivity index (χ3v) is 4.17. The fraction of sp³-hybridized carbons (Fsp3) is 0.462. The zero-order chi connectivity index (χ0) is 15.1. The van der Waals surface area contributed by atoms with E-state index in [0.29, 0.717) is 17.6 Å². The van der Waals surface area contributed by atoms with E-state index in [1.807, 2.05) is 12.1 Å². The molecule has 1 aromatic heterocycles. The van der Waals surface area contributed by atoms with Gasteiger partial charge in [0.25, 0.3) is 10.0 Å². The molecule has 3 rings (SSSR count). The second-order valence-electron chi connectivity index (χ2n) is 4.42. The van der Waals surface area contributed by atoms with Crippen LogP contribution in [0.4, 0.5) is 0 Å². The number of para-hydroxylation sites is 2. The van der Waals surface area contributed by atoms with Crippen molar-refractivity contribution in [1.82, 2.24) is 20.0 Å². The first-order valence-electron chi connectivity index (χ1n) is 6.86. The minimum atomic E-state index is -3.49. The number of imidazole rings is 1. The molecule has 0 saturated carbocycles. The van der Waals surface area contributed by atoms with Gasteiger partial charge in [-0.15, -0.1) is 0 Å². The molecule has 1 saturated heterocycles. The van der Waals surface area contributed by atoms with Gasteiger partial charge in [-0.2, -0.15) is 0 Å². The minimum Gasteiger partial charge on any atom is -0.379 e. The van der Waals surface area contributed by atoms with Crippen LogP contribution >= 0.6 is 0 Å². The molecule has 7 nitrogen and oxygen atoms in total. The van der Waals surface area contributed by atoms with Crippen LogP contribution in [-0.4, -0.2) is 51.2 Å². The lowest BCUT2D eigenvalue weighted by atomic mass is 10.3. The zero-order valence-electron chi connectivity index (χ0n) is 11.9. The molecule has 1 aliphatic heterocycles. The average molecular weight is 312 g/mol. The molecule has 2 heterocycles. The van der Waals surface area contributed by atoms with E-state index in [4.69, 9.17) is 4.74 Å². The summed E-state index contributed by atoms with van der Waals surface area (Å²) in [4.78, 5) is 6.76. The van der Waals surface area contributed by atoms with E-state index in [2.05, 4.69) is 20.0 Å². The van der Waals surface area contributed by atoms with Gasteiger partial charge in [0.05, 0.1) is 24.2 Å². The van der Waals surface area contributed by atoms with Gasteiger partial charge < -0.3 is 15.0 Å². The highest BCUT2D eigenvalue weighted by atomic mass is 32.2. The van der Waals surface area contributed by atoms with Crippen LogP contribution in [0.5, 0.6) is 0 Å². The van der Waals surface area contributed by atoms with Gasteiger partial charge in [-0.25, -0.2) is 18.1 Å². The molecular formula is C13H20N4O3S. The van der Waals surface area contributed by atoms with Gasteiger partial charge in [0, 0.05) is 19.6 Å². The summed E-state index contributed by atoms with van der Waals surface area (Å²) in [6, 6.07) is 7.18. The number of morpholine rings is 1. The standard InChI is InChI=1S/C9H11N3O2S.C4H9NO/c1-2-10-15(13,14)9-11-7-5-3-4-6-8(7)12-9;1-3-6-4-2-5-1/h3-6,10H,2H2,1H3,(H,11,12);5H,1-4H2. The summed E-state index contributed by atoms with van der Waals surface area (Å²) in [5.41, 5.74) is 1.36. The predicted molar refractivity (Wildman–Crippen MR) is 80.6 cm³/mol. The number of fused-ring (bicyclic) bond motifs is 1. The Balaban J connectivity index is 0.000000225. The molecule has 0 aliphatic carbocycles. The number of aromatic amines is 1. The maximum absolute atomic E-state index is 11.6. The molecule has 116 valence electrons. The summed E-state index contributed by atoms with van der Waals surface area (Å²) in [6.45, 7) is 5.90. The first kappa shape index (κ1) is 15.9. The summed E-state index contributed by atoms with van der Waals surface area (Å²) in [5, 5.41) is 3.12. The normalized spacial score (nSPS) is 15.5. The Morgan fingerprint density at radius 2 is 2.00 bits per heavy atom. The fourth-order valence-electron chi connectivity index (χ4n) is 1.83. The summed E-state index contributed by atoms with van der Waals surface area (Å²) < 4.78 is 30.6. The molecule has 0 amide bonds. The quantitative estimate of drug-likeness (QED) is 0.765. The van der Waals surface area contributed by atoms with E-state index in [1.165, 1.54) is 0 Å². The first-order chi connectivity index (χ1) is 10.1. The number of aromatic nitrogens is 2. The van der Waals surface area contributed by atoms with Crippen molar-refractivity contribution in [2.24, 2.45) is 0 Å². The summed E-state index contributed by atoms with van der Waals surface area (Å²) in [5.74, 6) is 0. The summed E-state index contributed by atoms with van der Waals surface area (Å²) in [6.07, 6.45) is 0. The van der Waals surface area contributed by atoms with Crippen molar-refractivity contribution in [3.8, 4) is 0 Å². The van der Waals surface area contributed by atoms with E-state index >= 15 is 0 Å². The molecule has 1 aromatic carbocycles. The molecule has 1 aliphatic rings. The molecule has 0 unspecified atom stereocenters. The van der Waals surface area contributed by atoms with E-state index in [9.17, 15) is 8.42 Å². The van der Waals surface area contributed by atoms with Crippen LogP contribution in [0.25, 0.3) is 11.0 Å². The van der Waals surface area contributed by atoms with Crippen molar-refractivity contribution in [3.05, 3.63) is 24.3 Å². The van der Waals surface area contributed by atoms with Crippen molar-refractivity contribution >= 4 is 21.1 Å². The van der Waals surface area contributed by atoms with Crippen LogP contribution in [0, 0.1) is 0 Å². The van der Waals surface area contributed by atoms with Gasteiger partial charge in [0.2, 0.25) is 5.16 Å². The van der Waals surface area contributed by atoms with Crippen molar-refractivity contribution in [1.29, 1.82) is 0 Å². The molecule has 0 radical (unpaired) electrons. The van der Waals surface area contributed by atoms with Gasteiger partial charge in [-0.05, 0) is 12.1 Å². The molecule has 0 bridgehead atoms. The molecule has 8 heteroatoms. The number of hydrogen-bond acceptors (Lipinski definition) is 5. The third-order valence-electron chi connectivity index (χ3n) is 2.80. The second-order valence-corrected chi connectivity index (χ2v) is 6.11. The Kier molecular flexibility index (Phi) is 5.68. The van der Waals surface area contributed by atoms with Gasteiger partial charge >= 0.3 is 0 Å². The first-order valence-corrected chi connectivity index (χ1v) is 8.34. The SMILES string of the molecule is C1COCCN1.CCNS(=O)(=O)c1nc2ccccc2[nH]1. The highest BCUT2D eigenvalue weighted by Crippen LogP contribution is 2.13. The van der Waals surface area contributed by atoms with Crippen molar-refractivity contribution in [2.75, 3.05) is 32.8 Å². The van der Waals surface area contributed by atoms with E-state index in [1.54, 1.807) is 19.1 Å². The number of rotatable bonds is 3. The van der Waals surface area contributed by atoms with Gasteiger partial charge in [-0.3, -0.25) is 0 Å². The predicted octanol–water partition coefficient (Wildman–Crippen LogP) is 0.467. The van der Waals surface area contributed by atoms with Crippen LogP contribution in [0.3, 0.4) is 0 Å². The van der Waals surface area contributed by atoms with Crippen molar-refractivity contribution in [2.45, 2.75) is 12.1 Å². The second kappa shape index (κ2) is 7.51. The Morgan fingerprint density at radius 1 is 1.29 bits per heavy atom.